The molecular weight excluding hydrogens is 391 g/mol. The molecule has 0 aliphatic rings. The minimum Gasteiger partial charge on any atom is -0.505 e. The van der Waals surface area contributed by atoms with Crippen LogP contribution in [0.5, 0.6) is 11.5 Å². The van der Waals surface area contributed by atoms with Crippen LogP contribution in [-0.2, 0) is 0 Å². The second-order valence-corrected chi connectivity index (χ2v) is 6.94. The Morgan fingerprint density at radius 1 is 1.23 bits per heavy atom. The number of ether oxygens (including phenoxy) is 1. The summed E-state index contributed by atoms with van der Waals surface area (Å²) in [4.78, 5) is 4.54. The summed E-state index contributed by atoms with van der Waals surface area (Å²) in [5.41, 5.74) is 2.69. The fourth-order valence-electron chi connectivity index (χ4n) is 2.27. The van der Waals surface area contributed by atoms with Gasteiger partial charge in [-0.25, -0.2) is 4.98 Å². The Morgan fingerprint density at radius 3 is 2.46 bits per heavy atom. The maximum atomic E-state index is 9.64. The van der Waals surface area contributed by atoms with Gasteiger partial charge in [0.25, 0.3) is 0 Å². The number of nitrogens with zero attached hydrogens (tertiary/aromatic N) is 2. The molecule has 0 radical (unpaired) electrons. The van der Waals surface area contributed by atoms with Gasteiger partial charge in [-0.1, -0.05) is 23.2 Å². The van der Waals surface area contributed by atoms with Crippen LogP contribution in [0.3, 0.4) is 0 Å². The molecule has 0 unspecified atom stereocenters. The van der Waals surface area contributed by atoms with Gasteiger partial charge >= 0.3 is 0 Å². The number of aromatic hydroxyl groups is 1. The van der Waals surface area contributed by atoms with Crippen molar-refractivity contribution in [3.05, 3.63) is 62.4 Å². The summed E-state index contributed by atoms with van der Waals surface area (Å²) in [6.45, 7) is 0. The molecule has 130 valence electrons. The van der Waals surface area contributed by atoms with Crippen molar-refractivity contribution in [2.75, 3.05) is 7.11 Å². The summed E-state index contributed by atoms with van der Waals surface area (Å²) >= 11 is 13.2. The zero-order valence-electron chi connectivity index (χ0n) is 13.5. The molecule has 0 saturated heterocycles. The van der Waals surface area contributed by atoms with Gasteiger partial charge in [-0.2, -0.15) is 5.26 Å². The van der Waals surface area contributed by atoms with Crippen LogP contribution in [0.15, 0.2) is 41.8 Å². The topological polar surface area (TPSA) is 66.1 Å². The SMILES string of the molecule is COc1ccc(-c2csc(/C(C#N)=C\c3cc(Cl)c(O)c(Cl)c3)n2)cc1. The highest BCUT2D eigenvalue weighted by Gasteiger charge is 2.11. The van der Waals surface area contributed by atoms with Crippen molar-refractivity contribution in [2.45, 2.75) is 0 Å². The predicted octanol–water partition coefficient (Wildman–Crippen LogP) is 5.90. The first kappa shape index (κ1) is 18.3. The number of methoxy groups -OCH3 is 1. The Kier molecular flexibility index (Phi) is 5.48. The number of halogens is 2. The molecule has 1 N–H and O–H groups in total. The van der Waals surface area contributed by atoms with Gasteiger partial charge in [0.1, 0.15) is 16.8 Å². The van der Waals surface area contributed by atoms with E-state index in [2.05, 4.69) is 11.1 Å². The maximum Gasteiger partial charge on any atom is 0.152 e. The van der Waals surface area contributed by atoms with Gasteiger partial charge in [0.15, 0.2) is 5.75 Å². The Hall–Kier alpha value is -2.52. The first-order chi connectivity index (χ1) is 12.5. The number of nitriles is 1. The van der Waals surface area contributed by atoms with E-state index in [9.17, 15) is 10.4 Å². The van der Waals surface area contributed by atoms with Crippen LogP contribution in [0.2, 0.25) is 10.0 Å². The number of hydrogen-bond donors (Lipinski definition) is 1. The van der Waals surface area contributed by atoms with Gasteiger partial charge in [-0.3, -0.25) is 0 Å². The standard InChI is InChI=1S/C19H12Cl2N2O2S/c1-25-14-4-2-12(3-5-14)17-10-26-19(23-17)13(9-22)6-11-7-15(20)18(24)16(21)8-11/h2-8,10,24H,1H3/b13-6-. The molecule has 4 nitrogen and oxygen atoms in total. The van der Waals surface area contributed by atoms with E-state index in [1.165, 1.54) is 23.5 Å². The highest BCUT2D eigenvalue weighted by molar-refractivity contribution is 7.11. The van der Waals surface area contributed by atoms with Crippen molar-refractivity contribution in [1.82, 2.24) is 4.98 Å². The first-order valence-electron chi connectivity index (χ1n) is 7.42. The lowest BCUT2D eigenvalue weighted by atomic mass is 10.1. The Balaban J connectivity index is 1.94. The number of hydrogen-bond acceptors (Lipinski definition) is 5. The van der Waals surface area contributed by atoms with E-state index in [1.54, 1.807) is 13.2 Å². The quantitative estimate of drug-likeness (QED) is 0.551. The Labute approximate surface area is 164 Å². The molecule has 0 bridgehead atoms. The van der Waals surface area contributed by atoms with E-state index in [-0.39, 0.29) is 15.8 Å². The third-order valence-electron chi connectivity index (χ3n) is 3.59. The van der Waals surface area contributed by atoms with Crippen LogP contribution < -0.4 is 4.74 Å². The molecule has 3 aromatic rings. The summed E-state index contributed by atoms with van der Waals surface area (Å²) in [5, 5.41) is 21.9. The van der Waals surface area contributed by atoms with Gasteiger partial charge in [0.2, 0.25) is 0 Å². The average molecular weight is 403 g/mol. The van der Waals surface area contributed by atoms with E-state index in [0.29, 0.717) is 16.1 Å². The second kappa shape index (κ2) is 7.79. The number of phenols is 1. The first-order valence-corrected chi connectivity index (χ1v) is 9.05. The van der Waals surface area contributed by atoms with E-state index in [0.717, 1.165) is 17.0 Å². The fourth-order valence-corrected chi connectivity index (χ4v) is 3.57. The lowest BCUT2D eigenvalue weighted by Crippen LogP contribution is -1.85. The van der Waals surface area contributed by atoms with Crippen LogP contribution >= 0.6 is 34.5 Å². The van der Waals surface area contributed by atoms with E-state index in [4.69, 9.17) is 27.9 Å². The molecule has 2 aromatic carbocycles. The van der Waals surface area contributed by atoms with Crippen LogP contribution in [0, 0.1) is 11.3 Å². The number of allylic oxidation sites excluding steroid dienone is 1. The lowest BCUT2D eigenvalue weighted by molar-refractivity contribution is 0.415. The fraction of sp³-hybridized carbons (Fsp3) is 0.0526. The summed E-state index contributed by atoms with van der Waals surface area (Å²) < 4.78 is 5.15. The average Bonchev–Trinajstić information content (AvgIpc) is 3.14. The molecule has 1 heterocycles. The smallest absolute Gasteiger partial charge is 0.152 e. The van der Waals surface area contributed by atoms with E-state index < -0.39 is 0 Å². The largest absolute Gasteiger partial charge is 0.505 e. The third-order valence-corrected chi connectivity index (χ3v) is 5.04. The highest BCUT2D eigenvalue weighted by Crippen LogP contribution is 2.34. The van der Waals surface area contributed by atoms with Gasteiger partial charge in [-0.15, -0.1) is 11.3 Å². The van der Waals surface area contributed by atoms with Crippen molar-refractivity contribution in [1.29, 1.82) is 5.26 Å². The predicted molar refractivity (Wildman–Crippen MR) is 106 cm³/mol. The zero-order valence-corrected chi connectivity index (χ0v) is 15.9. The van der Waals surface area contributed by atoms with Crippen molar-refractivity contribution >= 4 is 46.2 Å². The molecule has 1 aromatic heterocycles. The molecule has 0 spiro atoms. The van der Waals surface area contributed by atoms with Gasteiger partial charge < -0.3 is 9.84 Å². The monoisotopic (exact) mass is 402 g/mol. The van der Waals surface area contributed by atoms with Crippen LogP contribution in [0.4, 0.5) is 0 Å². The minimum atomic E-state index is -0.181. The number of thiazole rings is 1. The maximum absolute atomic E-state index is 9.64. The molecule has 0 atom stereocenters. The highest BCUT2D eigenvalue weighted by atomic mass is 35.5. The molecule has 3 rings (SSSR count). The van der Waals surface area contributed by atoms with Crippen molar-refractivity contribution in [2.24, 2.45) is 0 Å². The normalized spacial score (nSPS) is 11.2. The Bertz CT molecular complexity index is 998. The lowest BCUT2D eigenvalue weighted by Gasteiger charge is -2.02. The number of rotatable bonds is 4. The molecule has 0 aliphatic heterocycles. The van der Waals surface area contributed by atoms with E-state index in [1.807, 2.05) is 29.6 Å². The molecule has 26 heavy (non-hydrogen) atoms. The van der Waals surface area contributed by atoms with Gasteiger partial charge in [0, 0.05) is 10.9 Å². The second-order valence-electron chi connectivity index (χ2n) is 5.27. The molecule has 0 amide bonds. The molecule has 0 aliphatic carbocycles. The third kappa shape index (κ3) is 3.83. The zero-order chi connectivity index (χ0) is 18.7. The van der Waals surface area contributed by atoms with Gasteiger partial charge in [0.05, 0.1) is 28.4 Å². The van der Waals surface area contributed by atoms with Crippen molar-refractivity contribution < 1.29 is 9.84 Å². The number of benzene rings is 2. The molecule has 0 fully saturated rings. The molecular formula is C19H12Cl2N2O2S. The van der Waals surface area contributed by atoms with E-state index >= 15 is 0 Å². The summed E-state index contributed by atoms with van der Waals surface area (Å²) in [6.07, 6.45) is 1.63. The van der Waals surface area contributed by atoms with Crippen LogP contribution in [0.1, 0.15) is 10.6 Å². The van der Waals surface area contributed by atoms with Crippen LogP contribution in [-0.4, -0.2) is 17.2 Å². The summed E-state index contributed by atoms with van der Waals surface area (Å²) in [5.74, 6) is 0.586. The van der Waals surface area contributed by atoms with Crippen molar-refractivity contribution in [3.8, 4) is 28.8 Å². The Morgan fingerprint density at radius 2 is 1.88 bits per heavy atom. The number of phenolic OH excluding ortho intramolecular Hbond substituents is 1. The summed E-state index contributed by atoms with van der Waals surface area (Å²) in [7, 11) is 1.61. The molecule has 0 saturated carbocycles. The molecule has 7 heteroatoms. The summed E-state index contributed by atoms with van der Waals surface area (Å²) in [6, 6.07) is 12.8. The van der Waals surface area contributed by atoms with Crippen molar-refractivity contribution in [3.63, 3.8) is 0 Å². The van der Waals surface area contributed by atoms with Gasteiger partial charge in [-0.05, 0) is 48.0 Å². The number of aromatic nitrogens is 1. The van der Waals surface area contributed by atoms with Crippen LogP contribution in [0.25, 0.3) is 22.9 Å². The minimum absolute atomic E-state index is 0.124.